The molecule has 0 heterocycles. The van der Waals surface area contributed by atoms with Gasteiger partial charge in [0.1, 0.15) is 0 Å². The van der Waals surface area contributed by atoms with Crippen molar-refractivity contribution in [2.24, 2.45) is 0 Å². The largest absolute Gasteiger partial charge is 0.493 e. The molecule has 0 saturated heterocycles. The van der Waals surface area contributed by atoms with Gasteiger partial charge in [-0.25, -0.2) is 0 Å². The van der Waals surface area contributed by atoms with Gasteiger partial charge in [-0.15, -0.1) is 0 Å². The lowest BCUT2D eigenvalue weighted by Gasteiger charge is -2.19. The Morgan fingerprint density at radius 3 is 2.34 bits per heavy atom. The van der Waals surface area contributed by atoms with Gasteiger partial charge in [-0.1, -0.05) is 29.8 Å². The summed E-state index contributed by atoms with van der Waals surface area (Å²) in [4.78, 5) is 37.3. The number of hydrogen-bond acceptors (Lipinski definition) is 7. The van der Waals surface area contributed by atoms with Crippen LogP contribution in [0.5, 0.6) is 17.2 Å². The highest BCUT2D eigenvalue weighted by atomic mass is 35.5. The number of anilines is 1. The van der Waals surface area contributed by atoms with Crippen LogP contribution in [0.25, 0.3) is 11.1 Å². The van der Waals surface area contributed by atoms with Crippen molar-refractivity contribution in [3.8, 4) is 28.4 Å². The molecule has 9 nitrogen and oxygen atoms in total. The van der Waals surface area contributed by atoms with E-state index in [4.69, 9.17) is 25.8 Å². The second kappa shape index (κ2) is 13.0. The first-order valence-electron chi connectivity index (χ1n) is 13.2. The van der Waals surface area contributed by atoms with Gasteiger partial charge in [0, 0.05) is 30.0 Å². The molecule has 3 N–H and O–H groups in total. The van der Waals surface area contributed by atoms with Gasteiger partial charge in [0.25, 0.3) is 0 Å². The number of carbonyl (C=O) groups excluding carboxylic acids is 1. The Bertz CT molecular complexity index is 1510. The Morgan fingerprint density at radius 2 is 1.73 bits per heavy atom. The van der Waals surface area contributed by atoms with E-state index in [0.717, 1.165) is 16.7 Å². The van der Waals surface area contributed by atoms with Gasteiger partial charge in [0.05, 0.1) is 39.5 Å². The van der Waals surface area contributed by atoms with Gasteiger partial charge >= 0.3 is 5.97 Å². The van der Waals surface area contributed by atoms with Gasteiger partial charge in [0.15, 0.2) is 11.5 Å². The molecule has 1 aliphatic rings. The number of carboxylic acids is 1. The molecule has 0 saturated carbocycles. The van der Waals surface area contributed by atoms with Gasteiger partial charge in [-0.2, -0.15) is 0 Å². The normalized spacial score (nSPS) is 14.5. The fourth-order valence-electron chi connectivity index (χ4n) is 5.34. The molecule has 0 aromatic heterocycles. The van der Waals surface area contributed by atoms with Crippen LogP contribution in [0.1, 0.15) is 48.4 Å². The molecule has 41 heavy (non-hydrogen) atoms. The number of aliphatic carboxylic acids is 1. The highest BCUT2D eigenvalue weighted by Gasteiger charge is 2.29. The molecule has 216 valence electrons. The summed E-state index contributed by atoms with van der Waals surface area (Å²) in [6.07, 6.45) is 1.00. The van der Waals surface area contributed by atoms with Crippen molar-refractivity contribution in [2.45, 2.75) is 38.1 Å². The highest BCUT2D eigenvalue weighted by molar-refractivity contribution is 6.30. The molecule has 3 aromatic rings. The molecule has 1 aliphatic carbocycles. The van der Waals surface area contributed by atoms with Crippen molar-refractivity contribution in [3.63, 3.8) is 0 Å². The van der Waals surface area contributed by atoms with Gasteiger partial charge in [-0.05, 0) is 65.4 Å². The van der Waals surface area contributed by atoms with Crippen LogP contribution in [0.3, 0.4) is 0 Å². The molecule has 0 aliphatic heterocycles. The zero-order valence-corrected chi connectivity index (χ0v) is 24.1. The van der Waals surface area contributed by atoms with E-state index >= 15 is 0 Å². The predicted octanol–water partition coefficient (Wildman–Crippen LogP) is 5.19. The number of carboxylic acid groups (broad SMARTS) is 1. The van der Waals surface area contributed by atoms with E-state index in [1.807, 2.05) is 12.1 Å². The third-order valence-corrected chi connectivity index (χ3v) is 7.47. The Morgan fingerprint density at radius 1 is 1.02 bits per heavy atom. The summed E-state index contributed by atoms with van der Waals surface area (Å²) in [6.45, 7) is 1.65. The van der Waals surface area contributed by atoms with E-state index in [1.54, 1.807) is 44.6 Å². The summed E-state index contributed by atoms with van der Waals surface area (Å²) in [5, 5.41) is 16.2. The zero-order valence-electron chi connectivity index (χ0n) is 23.4. The van der Waals surface area contributed by atoms with E-state index in [2.05, 4.69) is 10.6 Å². The summed E-state index contributed by atoms with van der Waals surface area (Å²) in [7, 11) is 4.63. The molecule has 2 unspecified atom stereocenters. The number of ether oxygens (including phenoxy) is 3. The number of hydrogen-bond donors (Lipinski definition) is 3. The maximum atomic E-state index is 13.6. The molecule has 2 atom stereocenters. The highest BCUT2D eigenvalue weighted by Crippen LogP contribution is 2.50. The first-order valence-corrected chi connectivity index (χ1v) is 13.5. The Hall–Kier alpha value is -4.24. The van der Waals surface area contributed by atoms with E-state index in [1.165, 1.54) is 20.1 Å². The van der Waals surface area contributed by atoms with E-state index in [9.17, 15) is 19.5 Å². The summed E-state index contributed by atoms with van der Waals surface area (Å²) >= 11 is 6.02. The smallest absolute Gasteiger partial charge is 0.304 e. The number of fused-ring (bicyclic) bond motifs is 3. The summed E-state index contributed by atoms with van der Waals surface area (Å²) < 4.78 is 17.0. The minimum Gasteiger partial charge on any atom is -0.493 e. The number of nitrogens with one attached hydrogen (secondary N) is 2. The molecule has 0 spiro atoms. The third kappa shape index (κ3) is 6.57. The fraction of sp³-hybridized carbons (Fsp3) is 0.323. The van der Waals surface area contributed by atoms with E-state index < -0.39 is 17.9 Å². The number of benzene rings is 2. The number of rotatable bonds is 10. The minimum atomic E-state index is -0.953. The van der Waals surface area contributed by atoms with Crippen molar-refractivity contribution in [3.05, 3.63) is 80.5 Å². The van der Waals surface area contributed by atoms with Crippen LogP contribution in [0.2, 0.25) is 5.02 Å². The number of halogens is 1. The van der Waals surface area contributed by atoms with Crippen LogP contribution in [0.4, 0.5) is 5.69 Å². The maximum Gasteiger partial charge on any atom is 0.304 e. The third-order valence-electron chi connectivity index (χ3n) is 7.22. The quantitative estimate of drug-likeness (QED) is 0.299. The molecular formula is C31H33ClN2O7. The first kappa shape index (κ1) is 29.7. The van der Waals surface area contributed by atoms with Crippen molar-refractivity contribution >= 4 is 29.2 Å². The second-order valence-corrected chi connectivity index (χ2v) is 10.3. The first-order chi connectivity index (χ1) is 19.7. The Labute approximate surface area is 243 Å². The monoisotopic (exact) mass is 580 g/mol. The topological polar surface area (TPSA) is 123 Å². The Kier molecular flexibility index (Phi) is 9.39. The summed E-state index contributed by atoms with van der Waals surface area (Å²) in [5.41, 5.74) is 3.81. The average molecular weight is 581 g/mol. The van der Waals surface area contributed by atoms with Crippen LogP contribution < -0.4 is 30.3 Å². The van der Waals surface area contributed by atoms with Crippen LogP contribution in [0, 0.1) is 0 Å². The number of amides is 1. The van der Waals surface area contributed by atoms with Gasteiger partial charge in [0.2, 0.25) is 17.1 Å². The van der Waals surface area contributed by atoms with Gasteiger partial charge < -0.3 is 30.0 Å². The SMILES string of the molecule is COc1cc2c(c(OC)c1OC)-c1ccc(NCC(CC(=O)O)c3ccc(Cl)cc3)c(=O)cc1C(NC(C)=O)CC2. The van der Waals surface area contributed by atoms with Crippen LogP contribution in [-0.4, -0.2) is 44.9 Å². The molecule has 10 heteroatoms. The number of methoxy groups -OCH3 is 3. The average Bonchev–Trinajstić information content (AvgIpc) is 3.18. The van der Waals surface area contributed by atoms with E-state index in [-0.39, 0.29) is 24.3 Å². The lowest BCUT2D eigenvalue weighted by Crippen LogP contribution is -2.26. The number of carbonyl (C=O) groups is 2. The summed E-state index contributed by atoms with van der Waals surface area (Å²) in [6, 6.07) is 13.5. The molecule has 4 rings (SSSR count). The predicted molar refractivity (Wildman–Crippen MR) is 158 cm³/mol. The Balaban J connectivity index is 1.83. The number of aryl methyl sites for hydroxylation is 1. The van der Waals surface area contributed by atoms with Crippen molar-refractivity contribution in [2.75, 3.05) is 33.2 Å². The van der Waals surface area contributed by atoms with Crippen molar-refractivity contribution in [1.29, 1.82) is 0 Å². The molecular weight excluding hydrogens is 548 g/mol. The molecule has 3 aromatic carbocycles. The molecule has 0 bridgehead atoms. The fourth-order valence-corrected chi connectivity index (χ4v) is 5.47. The lowest BCUT2D eigenvalue weighted by atomic mass is 9.95. The van der Waals surface area contributed by atoms with Crippen LogP contribution in [-0.2, 0) is 16.0 Å². The molecule has 1 amide bonds. The van der Waals surface area contributed by atoms with E-state index in [0.29, 0.717) is 51.9 Å². The maximum absolute atomic E-state index is 13.6. The zero-order chi connectivity index (χ0) is 29.7. The van der Waals surface area contributed by atoms with Crippen LogP contribution in [0.15, 0.2) is 53.3 Å². The minimum absolute atomic E-state index is 0.130. The summed E-state index contributed by atoms with van der Waals surface area (Å²) in [5.74, 6) is -0.177. The second-order valence-electron chi connectivity index (χ2n) is 9.82. The van der Waals surface area contributed by atoms with Gasteiger partial charge in [-0.3, -0.25) is 14.4 Å². The van der Waals surface area contributed by atoms with Crippen molar-refractivity contribution in [1.82, 2.24) is 5.32 Å². The lowest BCUT2D eigenvalue weighted by molar-refractivity contribution is -0.137. The molecule has 0 radical (unpaired) electrons. The van der Waals surface area contributed by atoms with Crippen molar-refractivity contribution < 1.29 is 28.9 Å². The van der Waals surface area contributed by atoms with Crippen LogP contribution >= 0.6 is 11.6 Å². The standard InChI is InChI=1S/C31H33ClN2O7/c1-17(35)34-24-11-7-19-13-27(39-2)30(40-3)31(41-4)29(19)22-10-12-25(26(36)15-23(22)24)33-16-20(14-28(37)38)18-5-8-21(32)9-6-18/h5-6,8-10,12-13,15,20,24H,7,11,14,16H2,1-4H3,(H,33,36)(H,34,35)(H,37,38). The molecule has 0 fully saturated rings.